The number of aliphatic hydroxyl groups excluding tert-OH is 1. The van der Waals surface area contributed by atoms with E-state index in [1.54, 1.807) is 6.20 Å². The Hall–Kier alpha value is -2.42. The van der Waals surface area contributed by atoms with Gasteiger partial charge < -0.3 is 14.7 Å². The van der Waals surface area contributed by atoms with Crippen molar-refractivity contribution < 1.29 is 27.8 Å². The number of nitrogens with zero attached hydrogens (tertiary/aromatic N) is 3. The summed E-state index contributed by atoms with van der Waals surface area (Å²) < 4.78 is 46.7. The van der Waals surface area contributed by atoms with E-state index in [1.807, 2.05) is 26.0 Å². The van der Waals surface area contributed by atoms with Gasteiger partial charge in [0.1, 0.15) is 23.6 Å². The number of hydrogen-bond donors (Lipinski definition) is 1. The van der Waals surface area contributed by atoms with Crippen molar-refractivity contribution in [3.05, 3.63) is 29.5 Å². The minimum Gasteiger partial charge on any atom is -0.489 e. The molecular weight excluding hydrogens is 411 g/mol. The monoisotopic (exact) mass is 437 g/mol. The molecule has 0 aromatic carbocycles. The number of rotatable bonds is 4. The molecule has 1 fully saturated rings. The largest absolute Gasteiger partial charge is 0.489 e. The predicted octanol–water partition coefficient (Wildman–Crippen LogP) is 3.35. The second-order valence-corrected chi connectivity index (χ2v) is 8.61. The first-order valence-electron chi connectivity index (χ1n) is 10.6. The number of aliphatic imine (C=N–C) groups is 1. The van der Waals surface area contributed by atoms with Gasteiger partial charge in [-0.3, -0.25) is 9.79 Å². The molecule has 0 amide bonds. The summed E-state index contributed by atoms with van der Waals surface area (Å²) >= 11 is 0. The molecule has 0 unspecified atom stereocenters. The number of ether oxygens (including phenoxy) is 1. The fourth-order valence-corrected chi connectivity index (χ4v) is 4.70. The van der Waals surface area contributed by atoms with E-state index in [0.29, 0.717) is 43.0 Å². The standard InChI is InChI=1S/C22H26F3N3O3/c1-12(2)31-15-3-4-17(26-11-15)28-7-5-13(6-8-28)20-18-14(10-27-20)9-16(29)21(30)19(18)22(23,24)25/h3-4,11-13,19,21,30H,5-10H2,1-2H3/t19-,21+/m1/s1. The SMILES string of the molecule is CC(C)Oc1ccc(N2CCC(C3=NCC4=C3[C@@H](C(F)(F)F)[C@@H](O)C(=O)C4)CC2)nc1. The molecule has 1 N–H and O–H groups in total. The van der Waals surface area contributed by atoms with Gasteiger partial charge >= 0.3 is 6.18 Å². The zero-order valence-electron chi connectivity index (χ0n) is 17.5. The highest BCUT2D eigenvalue weighted by Crippen LogP contribution is 2.45. The third-order valence-corrected chi connectivity index (χ3v) is 6.09. The number of hydrogen-bond acceptors (Lipinski definition) is 6. The third kappa shape index (κ3) is 4.33. The maximum atomic E-state index is 13.7. The highest BCUT2D eigenvalue weighted by atomic mass is 19.4. The Kier molecular flexibility index (Phi) is 5.81. The number of carbonyl (C=O) groups is 1. The van der Waals surface area contributed by atoms with Gasteiger partial charge in [0, 0.05) is 31.1 Å². The molecule has 31 heavy (non-hydrogen) atoms. The molecule has 9 heteroatoms. The van der Waals surface area contributed by atoms with Crippen molar-refractivity contribution in [2.75, 3.05) is 24.5 Å². The average molecular weight is 437 g/mol. The highest BCUT2D eigenvalue weighted by Gasteiger charge is 2.54. The van der Waals surface area contributed by atoms with Crippen LogP contribution >= 0.6 is 0 Å². The van der Waals surface area contributed by atoms with Crippen LogP contribution in [0.5, 0.6) is 5.75 Å². The van der Waals surface area contributed by atoms with Gasteiger partial charge in [0.2, 0.25) is 0 Å². The van der Waals surface area contributed by atoms with E-state index >= 15 is 0 Å². The fraction of sp³-hybridized carbons (Fsp3) is 0.591. The van der Waals surface area contributed by atoms with Crippen LogP contribution in [0.2, 0.25) is 0 Å². The van der Waals surface area contributed by atoms with Gasteiger partial charge in [0.25, 0.3) is 0 Å². The molecule has 3 heterocycles. The molecule has 1 aromatic heterocycles. The van der Waals surface area contributed by atoms with Crippen molar-refractivity contribution in [2.24, 2.45) is 16.8 Å². The first kappa shape index (κ1) is 21.8. The topological polar surface area (TPSA) is 75.0 Å². The molecule has 0 saturated carbocycles. The molecule has 1 aromatic rings. The van der Waals surface area contributed by atoms with E-state index in [0.717, 1.165) is 5.82 Å². The summed E-state index contributed by atoms with van der Waals surface area (Å²) in [6, 6.07) is 3.75. The van der Waals surface area contributed by atoms with Gasteiger partial charge in [-0.2, -0.15) is 13.2 Å². The molecular formula is C22H26F3N3O3. The third-order valence-electron chi connectivity index (χ3n) is 6.09. The average Bonchev–Trinajstić information content (AvgIpc) is 3.11. The van der Waals surface area contributed by atoms with E-state index in [4.69, 9.17) is 4.74 Å². The molecule has 0 spiro atoms. The number of aliphatic hydroxyl groups is 1. The molecule has 3 aliphatic rings. The summed E-state index contributed by atoms with van der Waals surface area (Å²) in [6.45, 7) is 5.28. The number of anilines is 1. The van der Waals surface area contributed by atoms with E-state index in [9.17, 15) is 23.1 Å². The Morgan fingerprint density at radius 3 is 2.52 bits per heavy atom. The lowest BCUT2D eigenvalue weighted by Gasteiger charge is -2.36. The van der Waals surface area contributed by atoms with Crippen LogP contribution < -0.4 is 9.64 Å². The molecule has 2 aliphatic heterocycles. The van der Waals surface area contributed by atoms with Crippen LogP contribution in [0.3, 0.4) is 0 Å². The van der Waals surface area contributed by atoms with Crippen molar-refractivity contribution in [1.82, 2.24) is 4.98 Å². The number of Topliss-reactive ketones (excluding diaryl/α,β-unsaturated/α-hetero) is 1. The summed E-state index contributed by atoms with van der Waals surface area (Å²) in [4.78, 5) is 22.9. The quantitative estimate of drug-likeness (QED) is 0.782. The van der Waals surface area contributed by atoms with E-state index in [1.165, 1.54) is 0 Å². The maximum absolute atomic E-state index is 13.7. The second kappa shape index (κ2) is 8.26. The van der Waals surface area contributed by atoms with Crippen molar-refractivity contribution >= 4 is 17.3 Å². The van der Waals surface area contributed by atoms with Crippen LogP contribution in [-0.4, -0.2) is 59.6 Å². The van der Waals surface area contributed by atoms with E-state index in [-0.39, 0.29) is 30.6 Å². The molecule has 0 bridgehead atoms. The Bertz CT molecular complexity index is 901. The summed E-state index contributed by atoms with van der Waals surface area (Å²) in [6.07, 6.45) is -3.88. The van der Waals surface area contributed by atoms with Crippen molar-refractivity contribution in [1.29, 1.82) is 0 Å². The number of piperidine rings is 1. The number of halogens is 3. The minimum absolute atomic E-state index is 0.0592. The normalized spacial score (nSPS) is 25.2. The highest BCUT2D eigenvalue weighted by molar-refractivity contribution is 6.08. The Balaban J connectivity index is 1.46. The van der Waals surface area contributed by atoms with Gasteiger partial charge in [-0.1, -0.05) is 0 Å². The predicted molar refractivity (Wildman–Crippen MR) is 109 cm³/mol. The summed E-state index contributed by atoms with van der Waals surface area (Å²) in [5.74, 6) is -1.58. The Morgan fingerprint density at radius 1 is 1.23 bits per heavy atom. The lowest BCUT2D eigenvalue weighted by Crippen LogP contribution is -2.46. The van der Waals surface area contributed by atoms with Crippen LogP contribution in [0.1, 0.15) is 33.1 Å². The number of carbonyl (C=O) groups excluding carboxylic acids is 1. The summed E-state index contributed by atoms with van der Waals surface area (Å²) in [5.41, 5.74) is 0.904. The van der Waals surface area contributed by atoms with Crippen LogP contribution in [-0.2, 0) is 4.79 Å². The Morgan fingerprint density at radius 2 is 1.94 bits per heavy atom. The van der Waals surface area contributed by atoms with Crippen LogP contribution in [0.15, 0.2) is 34.5 Å². The smallest absolute Gasteiger partial charge is 0.398 e. The molecule has 2 atom stereocenters. The number of aromatic nitrogens is 1. The molecule has 168 valence electrons. The lowest BCUT2D eigenvalue weighted by molar-refractivity contribution is -0.190. The fourth-order valence-electron chi connectivity index (χ4n) is 4.70. The van der Waals surface area contributed by atoms with Gasteiger partial charge in [0.05, 0.1) is 18.8 Å². The first-order valence-corrected chi connectivity index (χ1v) is 10.6. The van der Waals surface area contributed by atoms with Gasteiger partial charge in [-0.25, -0.2) is 4.98 Å². The maximum Gasteiger partial charge on any atom is 0.398 e. The summed E-state index contributed by atoms with van der Waals surface area (Å²) in [5, 5.41) is 10.0. The van der Waals surface area contributed by atoms with Crippen LogP contribution in [0.25, 0.3) is 0 Å². The van der Waals surface area contributed by atoms with E-state index < -0.39 is 24.0 Å². The molecule has 1 aliphatic carbocycles. The zero-order chi connectivity index (χ0) is 22.3. The molecule has 1 saturated heterocycles. The second-order valence-electron chi connectivity index (χ2n) is 8.61. The van der Waals surface area contributed by atoms with Crippen molar-refractivity contribution in [3.63, 3.8) is 0 Å². The van der Waals surface area contributed by atoms with Gasteiger partial charge in [-0.05, 0) is 50.0 Å². The molecule has 6 nitrogen and oxygen atoms in total. The van der Waals surface area contributed by atoms with Gasteiger partial charge in [0.15, 0.2) is 5.78 Å². The summed E-state index contributed by atoms with van der Waals surface area (Å²) in [7, 11) is 0. The van der Waals surface area contributed by atoms with Crippen molar-refractivity contribution in [2.45, 2.75) is 51.5 Å². The lowest BCUT2D eigenvalue weighted by atomic mass is 9.74. The number of pyridine rings is 1. The number of alkyl halides is 3. The molecule has 0 radical (unpaired) electrons. The minimum atomic E-state index is -4.69. The number of ketones is 1. The van der Waals surface area contributed by atoms with Gasteiger partial charge in [-0.15, -0.1) is 0 Å². The molecule has 4 rings (SSSR count). The van der Waals surface area contributed by atoms with Crippen molar-refractivity contribution in [3.8, 4) is 5.75 Å². The Labute approximate surface area is 178 Å². The van der Waals surface area contributed by atoms with Crippen LogP contribution in [0.4, 0.5) is 19.0 Å². The zero-order valence-corrected chi connectivity index (χ0v) is 17.5. The van der Waals surface area contributed by atoms with Crippen LogP contribution in [0, 0.1) is 11.8 Å². The first-order chi connectivity index (χ1) is 14.6. The van der Waals surface area contributed by atoms with E-state index in [2.05, 4.69) is 14.9 Å².